The number of thiophene rings is 1. The highest BCUT2D eigenvalue weighted by Crippen LogP contribution is 2.56. The van der Waals surface area contributed by atoms with E-state index in [1.54, 1.807) is 0 Å². The summed E-state index contributed by atoms with van der Waals surface area (Å²) in [6, 6.07) is 42.7. The minimum absolute atomic E-state index is 0.00295. The van der Waals surface area contributed by atoms with Gasteiger partial charge in [0.25, 0.3) is 6.71 Å². The highest BCUT2D eigenvalue weighted by atomic mass is 32.1. The van der Waals surface area contributed by atoms with Crippen molar-refractivity contribution in [1.29, 1.82) is 5.26 Å². The molecule has 0 unspecified atom stereocenters. The molecule has 0 N–H and O–H groups in total. The van der Waals surface area contributed by atoms with Gasteiger partial charge in [-0.05, 0) is 194 Å². The predicted octanol–water partition coefficient (Wildman–Crippen LogP) is 15.9. The lowest BCUT2D eigenvalue weighted by atomic mass is 9.35. The lowest BCUT2D eigenvalue weighted by molar-refractivity contribution is 0.332. The van der Waals surface area contributed by atoms with Crippen molar-refractivity contribution in [2.75, 3.05) is 9.80 Å². The van der Waals surface area contributed by atoms with Crippen molar-refractivity contribution >= 4 is 78.0 Å². The van der Waals surface area contributed by atoms with Gasteiger partial charge in [0.1, 0.15) is 6.07 Å². The third kappa shape index (κ3) is 6.49. The van der Waals surface area contributed by atoms with E-state index in [1.165, 1.54) is 106 Å². The molecule has 0 atom stereocenters. The normalized spacial score (nSPS) is 20.2. The summed E-state index contributed by atoms with van der Waals surface area (Å²) in [6.07, 6.45) is 6.99. The maximum Gasteiger partial charge on any atom is 0.264 e. The predicted molar refractivity (Wildman–Crippen MR) is 297 cm³/mol. The van der Waals surface area contributed by atoms with E-state index in [1.807, 2.05) is 11.3 Å². The Kier molecular flexibility index (Phi) is 9.39. The van der Waals surface area contributed by atoms with Gasteiger partial charge in [0.2, 0.25) is 0 Å². The molecule has 3 nitrogen and oxygen atoms in total. The van der Waals surface area contributed by atoms with Crippen LogP contribution in [0.5, 0.6) is 0 Å². The first-order valence-corrected chi connectivity index (χ1v) is 26.6. The van der Waals surface area contributed by atoms with Crippen LogP contribution in [0.25, 0.3) is 21.2 Å². The molecular weight excluding hydrogens is 854 g/mol. The Hall–Kier alpha value is -5.57. The third-order valence-electron chi connectivity index (χ3n) is 18.3. The van der Waals surface area contributed by atoms with Crippen molar-refractivity contribution < 1.29 is 0 Å². The Morgan fingerprint density at radius 3 is 1.64 bits per heavy atom. The molecule has 2 aliphatic heterocycles. The molecular formula is C64H68BN3S. The second-order valence-electron chi connectivity index (χ2n) is 25.7. The molecule has 7 aromatic rings. The van der Waals surface area contributed by atoms with Crippen LogP contribution >= 0.6 is 11.3 Å². The molecule has 69 heavy (non-hydrogen) atoms. The van der Waals surface area contributed by atoms with Gasteiger partial charge in [0.05, 0.1) is 16.9 Å². The van der Waals surface area contributed by atoms with Crippen LogP contribution in [-0.2, 0) is 32.5 Å². The zero-order valence-corrected chi connectivity index (χ0v) is 44.2. The molecule has 0 saturated carbocycles. The van der Waals surface area contributed by atoms with Gasteiger partial charge in [-0.2, -0.15) is 5.26 Å². The maximum absolute atomic E-state index is 11.3. The van der Waals surface area contributed by atoms with Crippen LogP contribution in [0.3, 0.4) is 0 Å². The third-order valence-corrected chi connectivity index (χ3v) is 19.5. The fraction of sp³-hybridized carbons (Fsp3) is 0.391. The molecule has 5 aliphatic rings. The van der Waals surface area contributed by atoms with Gasteiger partial charge < -0.3 is 9.80 Å². The van der Waals surface area contributed by atoms with E-state index in [-0.39, 0.29) is 39.2 Å². The average Bonchev–Trinajstić information content (AvgIpc) is 3.68. The van der Waals surface area contributed by atoms with Gasteiger partial charge in [-0.15, -0.1) is 11.3 Å². The number of anilines is 6. The number of nitriles is 1. The first kappa shape index (κ1) is 44.6. The average molecular weight is 922 g/mol. The summed E-state index contributed by atoms with van der Waals surface area (Å²) in [7, 11) is 0. The highest BCUT2D eigenvalue weighted by Gasteiger charge is 2.49. The van der Waals surface area contributed by atoms with Crippen LogP contribution in [0.2, 0.25) is 0 Å². The van der Waals surface area contributed by atoms with Crippen molar-refractivity contribution in [1.82, 2.24) is 0 Å². The Morgan fingerprint density at radius 1 is 0.493 bits per heavy atom. The summed E-state index contributed by atoms with van der Waals surface area (Å²) < 4.78 is 2.71. The number of hydrogen-bond acceptors (Lipinski definition) is 4. The smallest absolute Gasteiger partial charge is 0.264 e. The zero-order valence-electron chi connectivity index (χ0n) is 43.4. The molecule has 348 valence electrons. The Morgan fingerprint density at radius 2 is 1.03 bits per heavy atom. The molecule has 3 heterocycles. The van der Waals surface area contributed by atoms with E-state index >= 15 is 0 Å². The number of rotatable bonds is 3. The SMILES string of the molecule is Cc1cc2c3c(c1)N(c1ccc(-c4ccccc4)cc1C#N)c1c(sc4cc5c(cc14)C(C)(C)CCC5(C)C)B3c1cc3c(cc1N2c1ccc2c(c1)C(C)(C)CCC2(C)C)C(C)(C)CCC3(C)C. The second-order valence-corrected chi connectivity index (χ2v) is 26.8. The van der Waals surface area contributed by atoms with Crippen LogP contribution < -0.4 is 25.5 Å². The standard InChI is InChI=1S/C64H68BN3S/c1-38-29-53-56-54(30-38)68(51-22-19-40(31-41(51)37-66)39-17-15-14-16-18-39)57-43-33-46-49(64(12,13)28-25-61(46,6)7)36-55(43)69-58(57)65(56)50-34-47-48(63(10,11)27-26-62(47,8)9)35-52(50)67(53)42-20-21-44-45(32-42)60(4,5)24-23-59(44,2)3/h14-22,29-36H,23-28H2,1-13H3. The van der Waals surface area contributed by atoms with Crippen molar-refractivity contribution in [3.8, 4) is 17.2 Å². The van der Waals surface area contributed by atoms with Gasteiger partial charge >= 0.3 is 0 Å². The lowest BCUT2D eigenvalue weighted by Gasteiger charge is -2.47. The number of nitrogens with zero attached hydrogens (tertiary/aromatic N) is 3. The summed E-state index contributed by atoms with van der Waals surface area (Å²) >= 11 is 2.00. The summed E-state index contributed by atoms with van der Waals surface area (Å²) in [4.78, 5) is 5.20. The van der Waals surface area contributed by atoms with Crippen LogP contribution in [-0.4, -0.2) is 6.71 Å². The number of benzene rings is 6. The molecule has 5 heteroatoms. The molecule has 6 aromatic carbocycles. The molecule has 0 bridgehead atoms. The van der Waals surface area contributed by atoms with E-state index in [0.717, 1.165) is 42.5 Å². The van der Waals surface area contributed by atoms with E-state index in [4.69, 9.17) is 0 Å². The molecule has 0 amide bonds. The topological polar surface area (TPSA) is 30.3 Å². The Balaban J connectivity index is 1.21. The molecule has 1 aromatic heterocycles. The largest absolute Gasteiger partial charge is 0.311 e. The fourth-order valence-corrected chi connectivity index (χ4v) is 15.0. The molecule has 0 saturated heterocycles. The van der Waals surface area contributed by atoms with Crippen molar-refractivity contribution in [3.63, 3.8) is 0 Å². The zero-order chi connectivity index (χ0) is 48.5. The van der Waals surface area contributed by atoms with Gasteiger partial charge in [-0.25, -0.2) is 0 Å². The van der Waals surface area contributed by atoms with E-state index in [2.05, 4.69) is 209 Å². The number of hydrogen-bond donors (Lipinski definition) is 0. The van der Waals surface area contributed by atoms with Crippen molar-refractivity contribution in [2.24, 2.45) is 0 Å². The summed E-state index contributed by atoms with van der Waals surface area (Å²) in [6.45, 7) is 31.8. The van der Waals surface area contributed by atoms with E-state index in [9.17, 15) is 5.26 Å². The summed E-state index contributed by atoms with van der Waals surface area (Å²) in [5.41, 5.74) is 23.2. The number of fused-ring (bicyclic) bond motifs is 9. The van der Waals surface area contributed by atoms with Crippen LogP contribution in [0.15, 0.2) is 103 Å². The quantitative estimate of drug-likeness (QED) is 0.165. The van der Waals surface area contributed by atoms with Crippen LogP contribution in [0.1, 0.15) is 166 Å². The minimum Gasteiger partial charge on any atom is -0.311 e. The van der Waals surface area contributed by atoms with Gasteiger partial charge in [0, 0.05) is 37.6 Å². The van der Waals surface area contributed by atoms with E-state index < -0.39 is 0 Å². The first-order chi connectivity index (χ1) is 32.5. The van der Waals surface area contributed by atoms with Crippen LogP contribution in [0, 0.1) is 18.3 Å². The monoisotopic (exact) mass is 922 g/mol. The van der Waals surface area contributed by atoms with Gasteiger partial charge in [0.15, 0.2) is 0 Å². The summed E-state index contributed by atoms with van der Waals surface area (Å²) in [5.74, 6) is 0. The first-order valence-electron chi connectivity index (χ1n) is 25.8. The van der Waals surface area contributed by atoms with Crippen molar-refractivity contribution in [2.45, 2.75) is 161 Å². The molecule has 0 fully saturated rings. The van der Waals surface area contributed by atoms with Crippen molar-refractivity contribution in [3.05, 3.63) is 148 Å². The molecule has 0 spiro atoms. The summed E-state index contributed by atoms with van der Waals surface area (Å²) in [5, 5.41) is 12.6. The second kappa shape index (κ2) is 14.5. The maximum atomic E-state index is 11.3. The molecule has 3 aliphatic carbocycles. The molecule has 0 radical (unpaired) electrons. The Bertz CT molecular complexity index is 3390. The highest BCUT2D eigenvalue weighted by molar-refractivity contribution is 7.33. The fourth-order valence-electron chi connectivity index (χ4n) is 13.6. The molecule has 12 rings (SSSR count). The van der Waals surface area contributed by atoms with Gasteiger partial charge in [-0.3, -0.25) is 0 Å². The minimum atomic E-state index is -0.00295. The Labute approximate surface area is 416 Å². The van der Waals surface area contributed by atoms with Crippen LogP contribution in [0.4, 0.5) is 34.1 Å². The van der Waals surface area contributed by atoms with E-state index in [0.29, 0.717) is 5.56 Å². The van der Waals surface area contributed by atoms with Gasteiger partial charge in [-0.1, -0.05) is 132 Å². The number of aryl methyl sites for hydroxylation is 1. The lowest BCUT2D eigenvalue weighted by Crippen LogP contribution is -2.61.